The van der Waals surface area contributed by atoms with Crippen LogP contribution in [0.4, 0.5) is 4.39 Å². The lowest BCUT2D eigenvalue weighted by Gasteiger charge is -2.24. The first-order valence-electron chi connectivity index (χ1n) is 11.3. The average molecular weight is 486 g/mol. The van der Waals surface area contributed by atoms with E-state index in [4.69, 9.17) is 0 Å². The molecule has 4 rings (SSSR count). The van der Waals surface area contributed by atoms with Gasteiger partial charge in [0.05, 0.1) is 16.8 Å². The fraction of sp³-hybridized carbons (Fsp3) is 0.333. The van der Waals surface area contributed by atoms with Gasteiger partial charge in [-0.25, -0.2) is 12.8 Å². The first-order chi connectivity index (χ1) is 16.4. The van der Waals surface area contributed by atoms with Crippen LogP contribution in [0.2, 0.25) is 0 Å². The Morgan fingerprint density at radius 2 is 1.74 bits per heavy atom. The minimum absolute atomic E-state index is 0.114. The second-order valence-corrected chi connectivity index (χ2v) is 10.2. The highest BCUT2D eigenvalue weighted by Gasteiger charge is 2.25. The zero-order chi connectivity index (χ0) is 24.0. The van der Waals surface area contributed by atoms with Crippen molar-refractivity contribution in [3.8, 4) is 11.3 Å². The number of nitrogens with one attached hydrogen (secondary N) is 2. The number of nitrogens with zero attached hydrogens (tertiary/aromatic N) is 3. The van der Waals surface area contributed by atoms with E-state index < -0.39 is 10.0 Å². The second-order valence-electron chi connectivity index (χ2n) is 8.22. The highest BCUT2D eigenvalue weighted by molar-refractivity contribution is 7.89. The number of carbonyl (C=O) groups is 1. The third-order valence-electron chi connectivity index (χ3n) is 5.85. The number of aromatic amines is 1. The molecular weight excluding hydrogens is 457 g/mol. The molecule has 1 amide bonds. The number of sulfonamides is 1. The number of benzene rings is 2. The fourth-order valence-electron chi connectivity index (χ4n) is 4.04. The summed E-state index contributed by atoms with van der Waals surface area (Å²) >= 11 is 0. The van der Waals surface area contributed by atoms with Crippen LogP contribution in [0.5, 0.6) is 0 Å². The average Bonchev–Trinajstić information content (AvgIpc) is 3.28. The lowest BCUT2D eigenvalue weighted by molar-refractivity contribution is -0.121. The monoisotopic (exact) mass is 485 g/mol. The van der Waals surface area contributed by atoms with E-state index in [0.29, 0.717) is 39.1 Å². The molecule has 180 valence electrons. The normalized spacial score (nSPS) is 17.1. The van der Waals surface area contributed by atoms with Crippen molar-refractivity contribution in [1.29, 1.82) is 0 Å². The Labute approximate surface area is 198 Å². The lowest BCUT2D eigenvalue weighted by Crippen LogP contribution is -2.36. The molecule has 0 unspecified atom stereocenters. The van der Waals surface area contributed by atoms with Crippen molar-refractivity contribution in [2.24, 2.45) is 0 Å². The second kappa shape index (κ2) is 10.9. The number of aromatic nitrogens is 2. The predicted molar refractivity (Wildman–Crippen MR) is 127 cm³/mol. The number of hydrogen-bond donors (Lipinski definition) is 2. The molecule has 34 heavy (non-hydrogen) atoms. The summed E-state index contributed by atoms with van der Waals surface area (Å²) < 4.78 is 41.0. The van der Waals surface area contributed by atoms with E-state index in [9.17, 15) is 17.6 Å². The Morgan fingerprint density at radius 1 is 0.971 bits per heavy atom. The molecule has 2 aromatic carbocycles. The highest BCUT2D eigenvalue weighted by atomic mass is 32.2. The number of H-pyrrole nitrogens is 1. The molecule has 0 spiro atoms. The largest absolute Gasteiger partial charge is 0.355 e. The van der Waals surface area contributed by atoms with Gasteiger partial charge in [-0.2, -0.15) is 9.40 Å². The number of amides is 1. The van der Waals surface area contributed by atoms with Gasteiger partial charge in [0.2, 0.25) is 15.9 Å². The molecule has 2 N–H and O–H groups in total. The molecule has 0 atom stereocenters. The summed E-state index contributed by atoms with van der Waals surface area (Å²) in [6.07, 6.45) is 2.47. The molecule has 0 saturated carbocycles. The Hall–Kier alpha value is -3.08. The summed E-state index contributed by atoms with van der Waals surface area (Å²) in [6.45, 7) is 2.74. The van der Waals surface area contributed by atoms with Crippen molar-refractivity contribution in [1.82, 2.24) is 24.7 Å². The SMILES string of the molecule is O=C1CCN(S(=O)(=O)c2ccccc2)CCCN(Cc2cn[nH]c2-c2ccc(F)cc2)CCN1. The molecule has 8 nitrogen and oxygen atoms in total. The molecule has 0 radical (unpaired) electrons. The first-order valence-corrected chi connectivity index (χ1v) is 12.7. The Kier molecular flexibility index (Phi) is 7.71. The van der Waals surface area contributed by atoms with E-state index in [1.807, 2.05) is 0 Å². The summed E-state index contributed by atoms with van der Waals surface area (Å²) in [6, 6.07) is 14.5. The van der Waals surface area contributed by atoms with Gasteiger partial charge in [0.15, 0.2) is 0 Å². The predicted octanol–water partition coefficient (Wildman–Crippen LogP) is 2.62. The molecule has 1 aliphatic rings. The summed E-state index contributed by atoms with van der Waals surface area (Å²) in [5, 5.41) is 10.0. The van der Waals surface area contributed by atoms with Crippen LogP contribution in [-0.2, 0) is 21.4 Å². The van der Waals surface area contributed by atoms with Gasteiger partial charge in [-0.05, 0) is 49.4 Å². The molecular formula is C24H28FN5O3S. The van der Waals surface area contributed by atoms with Gasteiger partial charge in [0.25, 0.3) is 0 Å². The molecule has 0 bridgehead atoms. The van der Waals surface area contributed by atoms with Crippen LogP contribution in [0, 0.1) is 5.82 Å². The van der Waals surface area contributed by atoms with Crippen LogP contribution in [0.3, 0.4) is 0 Å². The molecule has 0 aliphatic carbocycles. The topological polar surface area (TPSA) is 98.4 Å². The van der Waals surface area contributed by atoms with Crippen LogP contribution in [0.1, 0.15) is 18.4 Å². The van der Waals surface area contributed by atoms with Crippen LogP contribution >= 0.6 is 0 Å². The van der Waals surface area contributed by atoms with Crippen LogP contribution < -0.4 is 5.32 Å². The molecule has 3 aromatic rings. The molecule has 1 fully saturated rings. The summed E-state index contributed by atoms with van der Waals surface area (Å²) in [5.41, 5.74) is 2.59. The molecule has 10 heteroatoms. The van der Waals surface area contributed by atoms with Gasteiger partial charge in [-0.1, -0.05) is 18.2 Å². The molecule has 1 aromatic heterocycles. The third-order valence-corrected chi connectivity index (χ3v) is 7.76. The Morgan fingerprint density at radius 3 is 2.50 bits per heavy atom. The van der Waals surface area contributed by atoms with Crippen molar-refractivity contribution in [3.05, 3.63) is 72.2 Å². The molecule has 1 aliphatic heterocycles. The van der Waals surface area contributed by atoms with Gasteiger partial charge in [0, 0.05) is 50.3 Å². The van der Waals surface area contributed by atoms with Crippen LogP contribution in [0.25, 0.3) is 11.3 Å². The van der Waals surface area contributed by atoms with E-state index in [0.717, 1.165) is 16.8 Å². The first kappa shape index (κ1) is 24.1. The highest BCUT2D eigenvalue weighted by Crippen LogP contribution is 2.23. The maximum atomic E-state index is 13.3. The Bertz CT molecular complexity index is 1200. The molecule has 2 heterocycles. The van der Waals surface area contributed by atoms with Gasteiger partial charge >= 0.3 is 0 Å². The lowest BCUT2D eigenvalue weighted by atomic mass is 10.1. The maximum absolute atomic E-state index is 13.3. The smallest absolute Gasteiger partial charge is 0.243 e. The zero-order valence-electron chi connectivity index (χ0n) is 18.8. The van der Waals surface area contributed by atoms with Gasteiger partial charge in [-0.15, -0.1) is 0 Å². The number of halogens is 1. The summed E-state index contributed by atoms with van der Waals surface area (Å²) in [4.78, 5) is 14.7. The summed E-state index contributed by atoms with van der Waals surface area (Å²) in [7, 11) is -3.69. The minimum atomic E-state index is -3.69. The number of rotatable bonds is 5. The zero-order valence-corrected chi connectivity index (χ0v) is 19.6. The van der Waals surface area contributed by atoms with Gasteiger partial charge in [0.1, 0.15) is 5.82 Å². The maximum Gasteiger partial charge on any atom is 0.243 e. The molecule has 1 saturated heterocycles. The number of carbonyl (C=O) groups excluding carboxylic acids is 1. The van der Waals surface area contributed by atoms with Crippen LogP contribution in [0.15, 0.2) is 65.7 Å². The summed E-state index contributed by atoms with van der Waals surface area (Å²) in [5.74, 6) is -0.479. The standard InChI is InChI=1S/C24H28FN5O3S/c25-21-9-7-19(8-10-21)24-20(17-27-28-24)18-29-13-4-14-30(15-11-23(31)26-12-16-29)34(32,33)22-5-2-1-3-6-22/h1-3,5-10,17H,4,11-16,18H2,(H,26,31)(H,27,28). The van der Waals surface area contributed by atoms with E-state index in [-0.39, 0.29) is 29.6 Å². The van der Waals surface area contributed by atoms with E-state index in [1.54, 1.807) is 48.7 Å². The fourth-order valence-corrected chi connectivity index (χ4v) is 5.54. The Balaban J connectivity index is 1.49. The van der Waals surface area contributed by atoms with Crippen molar-refractivity contribution >= 4 is 15.9 Å². The van der Waals surface area contributed by atoms with Crippen molar-refractivity contribution in [2.75, 3.05) is 32.7 Å². The van der Waals surface area contributed by atoms with Crippen molar-refractivity contribution < 1.29 is 17.6 Å². The number of hydrogen-bond acceptors (Lipinski definition) is 5. The van der Waals surface area contributed by atoms with Gasteiger partial charge < -0.3 is 5.32 Å². The van der Waals surface area contributed by atoms with E-state index >= 15 is 0 Å². The van der Waals surface area contributed by atoms with Crippen LogP contribution in [-0.4, -0.2) is 66.5 Å². The van der Waals surface area contributed by atoms with E-state index in [1.165, 1.54) is 16.4 Å². The quantitative estimate of drug-likeness (QED) is 0.579. The third kappa shape index (κ3) is 5.88. The van der Waals surface area contributed by atoms with Crippen molar-refractivity contribution in [2.45, 2.75) is 24.3 Å². The van der Waals surface area contributed by atoms with E-state index in [2.05, 4.69) is 20.4 Å². The minimum Gasteiger partial charge on any atom is -0.355 e. The van der Waals surface area contributed by atoms with Gasteiger partial charge in [-0.3, -0.25) is 14.8 Å². The van der Waals surface area contributed by atoms with Crippen molar-refractivity contribution in [3.63, 3.8) is 0 Å².